The molecular formula is C20H22ClNO4. The van der Waals surface area contributed by atoms with Gasteiger partial charge in [-0.1, -0.05) is 30.7 Å². The van der Waals surface area contributed by atoms with Crippen LogP contribution in [0.4, 0.5) is 5.69 Å². The molecule has 5 nitrogen and oxygen atoms in total. The van der Waals surface area contributed by atoms with E-state index in [1.54, 1.807) is 0 Å². The number of methoxy groups -OCH3 is 1. The van der Waals surface area contributed by atoms with Crippen molar-refractivity contribution >= 4 is 29.2 Å². The molecule has 2 rings (SSSR count). The van der Waals surface area contributed by atoms with E-state index >= 15 is 0 Å². The number of aryl methyl sites for hydroxylation is 1. The molecule has 1 atom stereocenters. The highest BCUT2D eigenvalue weighted by molar-refractivity contribution is 6.33. The van der Waals surface area contributed by atoms with Crippen LogP contribution >= 0.6 is 11.6 Å². The van der Waals surface area contributed by atoms with Crippen LogP contribution in [0, 0.1) is 13.8 Å². The Morgan fingerprint density at radius 1 is 1.19 bits per heavy atom. The second-order valence-electron chi connectivity index (χ2n) is 5.89. The normalized spacial score (nSPS) is 11.6. The molecule has 0 saturated carbocycles. The monoisotopic (exact) mass is 375 g/mol. The first kappa shape index (κ1) is 19.8. The average Bonchev–Trinajstić information content (AvgIpc) is 2.63. The Kier molecular flexibility index (Phi) is 6.64. The predicted molar refractivity (Wildman–Crippen MR) is 102 cm³/mol. The van der Waals surface area contributed by atoms with E-state index in [2.05, 4.69) is 10.1 Å². The Hall–Kier alpha value is -2.53. The van der Waals surface area contributed by atoms with Crippen LogP contribution in [0.5, 0.6) is 5.75 Å². The van der Waals surface area contributed by atoms with Crippen molar-refractivity contribution in [3.8, 4) is 5.75 Å². The highest BCUT2D eigenvalue weighted by Crippen LogP contribution is 2.26. The number of benzene rings is 2. The van der Waals surface area contributed by atoms with Crippen molar-refractivity contribution in [3.63, 3.8) is 0 Å². The molecular weight excluding hydrogens is 354 g/mol. The quantitative estimate of drug-likeness (QED) is 0.753. The summed E-state index contributed by atoms with van der Waals surface area (Å²) in [6, 6.07) is 10.3. The Morgan fingerprint density at radius 3 is 2.58 bits per heavy atom. The maximum absolute atomic E-state index is 12.6. The summed E-state index contributed by atoms with van der Waals surface area (Å²) in [6.07, 6.45) is -0.207. The summed E-state index contributed by atoms with van der Waals surface area (Å²) in [5, 5.41) is 3.06. The number of nitrogens with one attached hydrogen (secondary N) is 1. The van der Waals surface area contributed by atoms with Gasteiger partial charge in [0.1, 0.15) is 5.75 Å². The Balaban J connectivity index is 2.19. The van der Waals surface area contributed by atoms with Crippen LogP contribution in [0.1, 0.15) is 34.8 Å². The second kappa shape index (κ2) is 8.72. The van der Waals surface area contributed by atoms with E-state index in [-0.39, 0.29) is 5.91 Å². The van der Waals surface area contributed by atoms with E-state index < -0.39 is 12.1 Å². The van der Waals surface area contributed by atoms with Crippen molar-refractivity contribution in [2.75, 3.05) is 12.4 Å². The molecule has 1 amide bonds. The number of rotatable bonds is 6. The van der Waals surface area contributed by atoms with Crippen LogP contribution in [-0.4, -0.2) is 25.1 Å². The van der Waals surface area contributed by atoms with Gasteiger partial charge in [-0.25, -0.2) is 4.79 Å². The van der Waals surface area contributed by atoms with Gasteiger partial charge < -0.3 is 14.8 Å². The zero-order chi connectivity index (χ0) is 19.3. The van der Waals surface area contributed by atoms with Crippen LogP contribution in [-0.2, 0) is 9.53 Å². The van der Waals surface area contributed by atoms with Gasteiger partial charge in [-0.15, -0.1) is 0 Å². The average molecular weight is 376 g/mol. The minimum absolute atomic E-state index is 0.302. The van der Waals surface area contributed by atoms with Crippen LogP contribution in [0.25, 0.3) is 0 Å². The van der Waals surface area contributed by atoms with E-state index in [0.717, 1.165) is 11.1 Å². The number of hydrogen-bond donors (Lipinski definition) is 1. The third-order valence-electron chi connectivity index (χ3n) is 4.13. The van der Waals surface area contributed by atoms with Gasteiger partial charge in [0.25, 0.3) is 5.91 Å². The van der Waals surface area contributed by atoms with Crippen molar-refractivity contribution in [2.24, 2.45) is 0 Å². The van der Waals surface area contributed by atoms with E-state index in [1.165, 1.54) is 25.3 Å². The summed E-state index contributed by atoms with van der Waals surface area (Å²) in [5.74, 6) is -0.172. The molecule has 0 radical (unpaired) electrons. The van der Waals surface area contributed by atoms with Crippen LogP contribution in [0.15, 0.2) is 36.4 Å². The lowest BCUT2D eigenvalue weighted by atomic mass is 10.1. The van der Waals surface area contributed by atoms with Crippen LogP contribution in [0.2, 0.25) is 5.02 Å². The van der Waals surface area contributed by atoms with Gasteiger partial charge in [0.15, 0.2) is 6.10 Å². The summed E-state index contributed by atoms with van der Waals surface area (Å²) < 4.78 is 10.6. The van der Waals surface area contributed by atoms with Crippen molar-refractivity contribution in [1.82, 2.24) is 0 Å². The topological polar surface area (TPSA) is 64.6 Å². The zero-order valence-electron chi connectivity index (χ0n) is 15.3. The smallest absolute Gasteiger partial charge is 0.337 e. The maximum Gasteiger partial charge on any atom is 0.337 e. The maximum atomic E-state index is 12.6. The van der Waals surface area contributed by atoms with Gasteiger partial charge >= 0.3 is 5.97 Å². The molecule has 0 aliphatic carbocycles. The summed E-state index contributed by atoms with van der Waals surface area (Å²) in [7, 11) is 1.29. The van der Waals surface area contributed by atoms with Crippen molar-refractivity contribution in [1.29, 1.82) is 0 Å². The molecule has 0 aliphatic heterocycles. The summed E-state index contributed by atoms with van der Waals surface area (Å²) >= 11 is 6.13. The summed E-state index contributed by atoms with van der Waals surface area (Å²) in [5.41, 5.74) is 2.72. The summed E-state index contributed by atoms with van der Waals surface area (Å²) in [4.78, 5) is 24.3. The molecule has 0 heterocycles. The Morgan fingerprint density at radius 2 is 1.92 bits per heavy atom. The van der Waals surface area contributed by atoms with E-state index in [1.807, 2.05) is 39.0 Å². The number of halogens is 1. The van der Waals surface area contributed by atoms with Gasteiger partial charge in [-0.2, -0.15) is 0 Å². The Bertz CT molecular complexity index is 819. The number of hydrogen-bond acceptors (Lipinski definition) is 4. The molecule has 0 aliphatic rings. The summed E-state index contributed by atoms with van der Waals surface area (Å²) in [6.45, 7) is 5.80. The number of anilines is 1. The van der Waals surface area contributed by atoms with Crippen molar-refractivity contribution < 1.29 is 19.1 Å². The number of ether oxygens (including phenoxy) is 2. The molecule has 2 aromatic carbocycles. The molecule has 26 heavy (non-hydrogen) atoms. The molecule has 0 fully saturated rings. The molecule has 138 valence electrons. The van der Waals surface area contributed by atoms with Gasteiger partial charge in [-0.3, -0.25) is 4.79 Å². The van der Waals surface area contributed by atoms with Gasteiger partial charge in [0.05, 0.1) is 23.4 Å². The molecule has 0 spiro atoms. The molecule has 0 aromatic heterocycles. The first-order valence-electron chi connectivity index (χ1n) is 8.29. The highest BCUT2D eigenvalue weighted by Gasteiger charge is 2.21. The van der Waals surface area contributed by atoms with Gasteiger partial charge in [-0.05, 0) is 55.7 Å². The first-order chi connectivity index (χ1) is 12.4. The number of carbonyl (C=O) groups excluding carboxylic acids is 2. The SMILES string of the molecule is CC[C@H](Oc1cccc(C)c1C)C(=O)Nc1cc(C(=O)OC)ccc1Cl. The lowest BCUT2D eigenvalue weighted by Crippen LogP contribution is -2.32. The highest BCUT2D eigenvalue weighted by atomic mass is 35.5. The number of esters is 1. The molecule has 6 heteroatoms. The predicted octanol–water partition coefficient (Wildman–Crippen LogP) is 4.54. The third kappa shape index (κ3) is 4.55. The fraction of sp³-hybridized carbons (Fsp3) is 0.300. The first-order valence-corrected chi connectivity index (χ1v) is 8.66. The number of carbonyl (C=O) groups is 2. The fourth-order valence-corrected chi connectivity index (χ4v) is 2.57. The van der Waals surface area contributed by atoms with Gasteiger partial charge in [0, 0.05) is 0 Å². The fourth-order valence-electron chi connectivity index (χ4n) is 2.41. The minimum Gasteiger partial charge on any atom is -0.480 e. The molecule has 0 bridgehead atoms. The molecule has 0 unspecified atom stereocenters. The molecule has 2 aromatic rings. The molecule has 0 saturated heterocycles. The standard InChI is InChI=1S/C20H22ClNO4/c1-5-17(26-18-8-6-7-12(2)13(18)3)19(23)22-16-11-14(20(24)25-4)9-10-15(16)21/h6-11,17H,5H2,1-4H3,(H,22,23)/t17-/m0/s1. The Labute approximate surface area is 158 Å². The van der Waals surface area contributed by atoms with Crippen LogP contribution < -0.4 is 10.1 Å². The largest absolute Gasteiger partial charge is 0.480 e. The zero-order valence-corrected chi connectivity index (χ0v) is 16.0. The second-order valence-corrected chi connectivity index (χ2v) is 6.30. The van der Waals surface area contributed by atoms with Crippen molar-refractivity contribution in [3.05, 3.63) is 58.1 Å². The lowest BCUT2D eigenvalue weighted by molar-refractivity contribution is -0.122. The van der Waals surface area contributed by atoms with E-state index in [9.17, 15) is 9.59 Å². The lowest BCUT2D eigenvalue weighted by Gasteiger charge is -2.20. The van der Waals surface area contributed by atoms with E-state index in [0.29, 0.717) is 28.4 Å². The van der Waals surface area contributed by atoms with Crippen LogP contribution in [0.3, 0.4) is 0 Å². The molecule has 1 N–H and O–H groups in total. The van der Waals surface area contributed by atoms with E-state index in [4.69, 9.17) is 16.3 Å². The van der Waals surface area contributed by atoms with Gasteiger partial charge in [0.2, 0.25) is 0 Å². The number of amides is 1. The van der Waals surface area contributed by atoms with Crippen molar-refractivity contribution in [2.45, 2.75) is 33.3 Å². The third-order valence-corrected chi connectivity index (χ3v) is 4.46. The minimum atomic E-state index is -0.687.